The minimum absolute atomic E-state index is 0.0810. The molecule has 27 heavy (non-hydrogen) atoms. The van der Waals surface area contributed by atoms with Gasteiger partial charge in [0.2, 0.25) is 5.75 Å². The van der Waals surface area contributed by atoms with Crippen LogP contribution in [0.25, 0.3) is 0 Å². The SMILES string of the molecule is CCNC(=NCc1cc(OC)c(O)c(OC)c1)NCc1cc(F)ccc1F. The van der Waals surface area contributed by atoms with Crippen molar-refractivity contribution in [2.45, 2.75) is 20.0 Å². The summed E-state index contributed by atoms with van der Waals surface area (Å²) in [6.07, 6.45) is 0. The van der Waals surface area contributed by atoms with Gasteiger partial charge in [0.15, 0.2) is 17.5 Å². The zero-order valence-corrected chi connectivity index (χ0v) is 15.5. The summed E-state index contributed by atoms with van der Waals surface area (Å²) in [7, 11) is 2.89. The molecule has 146 valence electrons. The van der Waals surface area contributed by atoms with Gasteiger partial charge in [-0.2, -0.15) is 0 Å². The first-order chi connectivity index (χ1) is 13.0. The lowest BCUT2D eigenvalue weighted by atomic mass is 10.2. The van der Waals surface area contributed by atoms with Crippen LogP contribution in [0.15, 0.2) is 35.3 Å². The molecule has 0 atom stereocenters. The monoisotopic (exact) mass is 379 g/mol. The van der Waals surface area contributed by atoms with Crippen molar-refractivity contribution in [2.75, 3.05) is 20.8 Å². The molecule has 8 heteroatoms. The highest BCUT2D eigenvalue weighted by molar-refractivity contribution is 5.79. The van der Waals surface area contributed by atoms with Gasteiger partial charge in [-0.3, -0.25) is 0 Å². The topological polar surface area (TPSA) is 75.1 Å². The van der Waals surface area contributed by atoms with E-state index in [1.165, 1.54) is 14.2 Å². The molecule has 0 aliphatic heterocycles. The fourth-order valence-corrected chi connectivity index (χ4v) is 2.41. The molecule has 0 radical (unpaired) electrons. The summed E-state index contributed by atoms with van der Waals surface area (Å²) in [5, 5.41) is 16.0. The van der Waals surface area contributed by atoms with Crippen LogP contribution in [0.5, 0.6) is 17.2 Å². The molecule has 0 amide bonds. The largest absolute Gasteiger partial charge is 0.502 e. The van der Waals surface area contributed by atoms with E-state index in [4.69, 9.17) is 9.47 Å². The maximum Gasteiger partial charge on any atom is 0.200 e. The van der Waals surface area contributed by atoms with Crippen LogP contribution in [0.4, 0.5) is 8.78 Å². The zero-order valence-electron chi connectivity index (χ0n) is 15.5. The smallest absolute Gasteiger partial charge is 0.200 e. The van der Waals surface area contributed by atoms with E-state index in [1.807, 2.05) is 6.92 Å². The molecule has 0 saturated heterocycles. The summed E-state index contributed by atoms with van der Waals surface area (Å²) in [4.78, 5) is 4.42. The van der Waals surface area contributed by atoms with Crippen molar-refractivity contribution in [2.24, 2.45) is 4.99 Å². The van der Waals surface area contributed by atoms with Gasteiger partial charge >= 0.3 is 0 Å². The minimum Gasteiger partial charge on any atom is -0.502 e. The van der Waals surface area contributed by atoms with Crippen LogP contribution >= 0.6 is 0 Å². The van der Waals surface area contributed by atoms with Crippen LogP contribution in [0.3, 0.4) is 0 Å². The molecule has 2 aromatic rings. The first kappa shape index (κ1) is 20.3. The van der Waals surface area contributed by atoms with Crippen LogP contribution in [0, 0.1) is 11.6 Å². The first-order valence-corrected chi connectivity index (χ1v) is 8.38. The first-order valence-electron chi connectivity index (χ1n) is 8.38. The van der Waals surface area contributed by atoms with Gasteiger partial charge in [0.05, 0.1) is 20.8 Å². The van der Waals surface area contributed by atoms with Crippen molar-refractivity contribution in [3.63, 3.8) is 0 Å². The second kappa shape index (κ2) is 9.61. The maximum atomic E-state index is 13.7. The molecule has 0 fully saturated rings. The van der Waals surface area contributed by atoms with Crippen molar-refractivity contribution >= 4 is 5.96 Å². The third-order valence-corrected chi connectivity index (χ3v) is 3.76. The molecular weight excluding hydrogens is 356 g/mol. The number of aromatic hydroxyl groups is 1. The number of phenols is 1. The third-order valence-electron chi connectivity index (χ3n) is 3.76. The maximum absolute atomic E-state index is 13.7. The lowest BCUT2D eigenvalue weighted by molar-refractivity contribution is 0.339. The highest BCUT2D eigenvalue weighted by atomic mass is 19.1. The lowest BCUT2D eigenvalue weighted by Crippen LogP contribution is -2.37. The second-order valence-corrected chi connectivity index (χ2v) is 5.63. The molecule has 2 aromatic carbocycles. The predicted octanol–water partition coefficient (Wildman–Crippen LogP) is 2.94. The molecule has 0 saturated carbocycles. The quantitative estimate of drug-likeness (QED) is 0.510. The fourth-order valence-electron chi connectivity index (χ4n) is 2.41. The number of aliphatic imine (C=N–C) groups is 1. The summed E-state index contributed by atoms with van der Waals surface area (Å²) < 4.78 is 37.3. The van der Waals surface area contributed by atoms with E-state index in [0.717, 1.165) is 23.8 Å². The van der Waals surface area contributed by atoms with Crippen molar-refractivity contribution in [3.05, 3.63) is 53.1 Å². The molecule has 0 bridgehead atoms. The molecule has 2 rings (SSSR count). The van der Waals surface area contributed by atoms with Gasteiger partial charge in [-0.15, -0.1) is 0 Å². The van der Waals surface area contributed by atoms with Gasteiger partial charge in [-0.1, -0.05) is 0 Å². The summed E-state index contributed by atoms with van der Waals surface area (Å²) in [6, 6.07) is 6.60. The Morgan fingerprint density at radius 3 is 2.33 bits per heavy atom. The zero-order chi connectivity index (χ0) is 19.8. The number of hydrogen-bond acceptors (Lipinski definition) is 4. The van der Waals surface area contributed by atoms with Crippen LogP contribution < -0.4 is 20.1 Å². The predicted molar refractivity (Wildman–Crippen MR) is 99.2 cm³/mol. The average Bonchev–Trinajstić information content (AvgIpc) is 2.67. The van der Waals surface area contributed by atoms with E-state index in [2.05, 4.69) is 15.6 Å². The third kappa shape index (κ3) is 5.47. The number of phenolic OH excluding ortho intramolecular Hbond substituents is 1. The van der Waals surface area contributed by atoms with Crippen LogP contribution in [0.2, 0.25) is 0 Å². The molecule has 0 aliphatic carbocycles. The van der Waals surface area contributed by atoms with E-state index in [-0.39, 0.29) is 35.9 Å². The Morgan fingerprint density at radius 1 is 1.07 bits per heavy atom. The molecule has 6 nitrogen and oxygen atoms in total. The van der Waals surface area contributed by atoms with Crippen LogP contribution in [-0.2, 0) is 13.1 Å². The Morgan fingerprint density at radius 2 is 1.74 bits per heavy atom. The normalized spacial score (nSPS) is 11.2. The van der Waals surface area contributed by atoms with Gasteiger partial charge in [0, 0.05) is 18.7 Å². The Hall–Kier alpha value is -3.03. The standard InChI is InChI=1S/C19H23F2N3O3/c1-4-22-19(24-11-13-9-14(20)5-6-15(13)21)23-10-12-7-16(26-2)18(25)17(8-12)27-3/h5-9,25H,4,10-11H2,1-3H3,(H2,22,23,24). The van der Waals surface area contributed by atoms with Crippen LogP contribution in [0.1, 0.15) is 18.1 Å². The molecule has 0 unspecified atom stereocenters. The van der Waals surface area contributed by atoms with E-state index in [0.29, 0.717) is 12.5 Å². The Bertz CT molecular complexity index is 788. The van der Waals surface area contributed by atoms with E-state index in [1.54, 1.807) is 12.1 Å². The Labute approximate surface area is 156 Å². The van der Waals surface area contributed by atoms with Gasteiger partial charge in [0.25, 0.3) is 0 Å². The average molecular weight is 379 g/mol. The number of benzene rings is 2. The molecule has 3 N–H and O–H groups in total. The van der Waals surface area contributed by atoms with Gasteiger partial charge in [-0.05, 0) is 42.8 Å². The molecule has 0 heterocycles. The fraction of sp³-hybridized carbons (Fsp3) is 0.316. The Kier molecular flexibility index (Phi) is 7.22. The summed E-state index contributed by atoms with van der Waals surface area (Å²) in [6.45, 7) is 2.83. The molecule has 0 aliphatic rings. The molecule has 0 aromatic heterocycles. The number of halogens is 2. The highest BCUT2D eigenvalue weighted by Gasteiger charge is 2.11. The number of ether oxygens (including phenoxy) is 2. The highest BCUT2D eigenvalue weighted by Crippen LogP contribution is 2.37. The number of nitrogens with one attached hydrogen (secondary N) is 2. The lowest BCUT2D eigenvalue weighted by Gasteiger charge is -2.13. The van der Waals surface area contributed by atoms with E-state index >= 15 is 0 Å². The Balaban J connectivity index is 2.14. The summed E-state index contributed by atoms with van der Waals surface area (Å²) in [5.74, 6) is -0.0867. The molecular formula is C19H23F2N3O3. The van der Waals surface area contributed by atoms with Crippen molar-refractivity contribution < 1.29 is 23.4 Å². The van der Waals surface area contributed by atoms with Gasteiger partial charge in [-0.25, -0.2) is 13.8 Å². The summed E-state index contributed by atoms with van der Waals surface area (Å²) in [5.41, 5.74) is 0.948. The minimum atomic E-state index is -0.501. The summed E-state index contributed by atoms with van der Waals surface area (Å²) >= 11 is 0. The van der Waals surface area contributed by atoms with E-state index < -0.39 is 11.6 Å². The van der Waals surface area contributed by atoms with Crippen molar-refractivity contribution in [1.82, 2.24) is 10.6 Å². The van der Waals surface area contributed by atoms with Crippen LogP contribution in [-0.4, -0.2) is 31.8 Å². The number of rotatable bonds is 7. The van der Waals surface area contributed by atoms with E-state index in [9.17, 15) is 13.9 Å². The van der Waals surface area contributed by atoms with Crippen molar-refractivity contribution in [3.8, 4) is 17.2 Å². The number of nitrogens with zero attached hydrogens (tertiary/aromatic N) is 1. The van der Waals surface area contributed by atoms with Crippen molar-refractivity contribution in [1.29, 1.82) is 0 Å². The number of methoxy groups -OCH3 is 2. The van der Waals surface area contributed by atoms with Gasteiger partial charge < -0.3 is 25.2 Å². The number of guanidine groups is 1. The second-order valence-electron chi connectivity index (χ2n) is 5.63. The number of hydrogen-bond donors (Lipinski definition) is 3. The van der Waals surface area contributed by atoms with Gasteiger partial charge in [0.1, 0.15) is 11.6 Å². The molecule has 0 spiro atoms.